The lowest BCUT2D eigenvalue weighted by Crippen LogP contribution is -2.44. The Bertz CT molecular complexity index is 637. The summed E-state index contributed by atoms with van der Waals surface area (Å²) in [5.74, 6) is 0.255. The number of hydrogen-bond acceptors (Lipinski definition) is 2. The van der Waals surface area contributed by atoms with E-state index in [-0.39, 0.29) is 11.3 Å². The quantitative estimate of drug-likeness (QED) is 0.464. The highest BCUT2D eigenvalue weighted by Crippen LogP contribution is 2.53. The van der Waals surface area contributed by atoms with Crippen LogP contribution in [0.1, 0.15) is 109 Å². The van der Waals surface area contributed by atoms with Crippen molar-refractivity contribution in [3.8, 4) is 0 Å². The summed E-state index contributed by atoms with van der Waals surface area (Å²) in [4.78, 5) is 14.9. The van der Waals surface area contributed by atoms with Crippen LogP contribution in [0.5, 0.6) is 0 Å². The fourth-order valence-corrected chi connectivity index (χ4v) is 5.36. The van der Waals surface area contributed by atoms with Gasteiger partial charge in [0.2, 0.25) is 5.91 Å². The van der Waals surface area contributed by atoms with E-state index in [2.05, 4.69) is 36.9 Å². The Hall–Kier alpha value is -1.35. The zero-order valence-corrected chi connectivity index (χ0v) is 18.0. The largest absolute Gasteiger partial charge is 0.388 e. The lowest BCUT2D eigenvalue weighted by Gasteiger charge is -2.46. The molecule has 2 atom stereocenters. The first-order valence-electron chi connectivity index (χ1n) is 11.7. The van der Waals surface area contributed by atoms with Gasteiger partial charge in [0.1, 0.15) is 0 Å². The van der Waals surface area contributed by atoms with Crippen molar-refractivity contribution in [2.75, 3.05) is 4.90 Å². The Labute approximate surface area is 171 Å². The second-order valence-electron chi connectivity index (χ2n) is 9.12. The molecule has 3 rings (SSSR count). The van der Waals surface area contributed by atoms with Crippen LogP contribution in [0.25, 0.3) is 0 Å². The monoisotopic (exact) mass is 385 g/mol. The van der Waals surface area contributed by atoms with Crippen LogP contribution in [0.4, 0.5) is 5.69 Å². The van der Waals surface area contributed by atoms with Gasteiger partial charge in [-0.05, 0) is 56.2 Å². The average Bonchev–Trinajstić information content (AvgIpc) is 2.68. The molecule has 1 saturated carbocycles. The van der Waals surface area contributed by atoms with Gasteiger partial charge < -0.3 is 10.0 Å². The van der Waals surface area contributed by atoms with E-state index in [1.54, 1.807) is 0 Å². The minimum atomic E-state index is -0.413. The number of anilines is 1. The first kappa shape index (κ1) is 21.4. The van der Waals surface area contributed by atoms with Crippen LogP contribution in [-0.4, -0.2) is 17.1 Å². The zero-order valence-electron chi connectivity index (χ0n) is 18.0. The SMILES string of the molecule is CCCCCCC1CCCC(=O)N1c1cccc(C(O)C2(CCC)CCC2)c1. The molecule has 1 amide bonds. The number of aliphatic hydroxyl groups excluding tert-OH is 1. The first-order chi connectivity index (χ1) is 13.6. The molecule has 2 unspecified atom stereocenters. The molecule has 1 heterocycles. The summed E-state index contributed by atoms with van der Waals surface area (Å²) in [6, 6.07) is 8.56. The Balaban J connectivity index is 1.77. The van der Waals surface area contributed by atoms with Crippen molar-refractivity contribution in [1.29, 1.82) is 0 Å². The molecule has 0 spiro atoms. The van der Waals surface area contributed by atoms with Gasteiger partial charge in [0.15, 0.2) is 0 Å². The second-order valence-corrected chi connectivity index (χ2v) is 9.12. The van der Waals surface area contributed by atoms with E-state index < -0.39 is 6.10 Å². The molecule has 0 radical (unpaired) electrons. The van der Waals surface area contributed by atoms with Gasteiger partial charge in [-0.15, -0.1) is 0 Å². The molecule has 1 aromatic rings. The predicted molar refractivity (Wildman–Crippen MR) is 116 cm³/mol. The highest BCUT2D eigenvalue weighted by Gasteiger charge is 2.43. The van der Waals surface area contributed by atoms with Gasteiger partial charge in [0.25, 0.3) is 0 Å². The van der Waals surface area contributed by atoms with Crippen molar-refractivity contribution < 1.29 is 9.90 Å². The maximum atomic E-state index is 12.8. The summed E-state index contributed by atoms with van der Waals surface area (Å²) in [6.45, 7) is 4.44. The maximum Gasteiger partial charge on any atom is 0.227 e. The van der Waals surface area contributed by atoms with Gasteiger partial charge in [-0.2, -0.15) is 0 Å². The molecule has 1 N–H and O–H groups in total. The van der Waals surface area contributed by atoms with Crippen LogP contribution in [-0.2, 0) is 4.79 Å². The zero-order chi connectivity index (χ0) is 20.0. The van der Waals surface area contributed by atoms with Crippen LogP contribution in [0.2, 0.25) is 0 Å². The fourth-order valence-electron chi connectivity index (χ4n) is 5.36. The molecular formula is C25H39NO2. The molecule has 1 aliphatic heterocycles. The van der Waals surface area contributed by atoms with Crippen molar-refractivity contribution in [3.63, 3.8) is 0 Å². The Kier molecular flexibility index (Phi) is 7.56. The Morgan fingerprint density at radius 2 is 1.96 bits per heavy atom. The summed E-state index contributed by atoms with van der Waals surface area (Å²) in [6.07, 6.45) is 14.1. The summed E-state index contributed by atoms with van der Waals surface area (Å²) >= 11 is 0. The van der Waals surface area contributed by atoms with E-state index in [0.29, 0.717) is 12.5 Å². The Morgan fingerprint density at radius 3 is 2.64 bits per heavy atom. The first-order valence-corrected chi connectivity index (χ1v) is 11.7. The number of hydrogen-bond donors (Lipinski definition) is 1. The third-order valence-electron chi connectivity index (χ3n) is 7.09. The average molecular weight is 386 g/mol. The molecule has 28 heavy (non-hydrogen) atoms. The van der Waals surface area contributed by atoms with Gasteiger partial charge in [-0.3, -0.25) is 4.79 Å². The van der Waals surface area contributed by atoms with Crippen LogP contribution < -0.4 is 4.90 Å². The number of carbonyl (C=O) groups is 1. The smallest absolute Gasteiger partial charge is 0.227 e. The third kappa shape index (κ3) is 4.62. The summed E-state index contributed by atoms with van der Waals surface area (Å²) in [7, 11) is 0. The number of carbonyl (C=O) groups excluding carboxylic acids is 1. The van der Waals surface area contributed by atoms with Gasteiger partial charge in [-0.1, -0.05) is 64.5 Å². The van der Waals surface area contributed by atoms with E-state index in [1.165, 1.54) is 32.1 Å². The number of amides is 1. The number of unbranched alkanes of at least 4 members (excludes halogenated alkanes) is 3. The van der Waals surface area contributed by atoms with E-state index in [4.69, 9.17) is 0 Å². The highest BCUT2D eigenvalue weighted by molar-refractivity contribution is 5.94. The fraction of sp³-hybridized carbons (Fsp3) is 0.720. The van der Waals surface area contributed by atoms with Gasteiger partial charge in [0, 0.05) is 23.6 Å². The van der Waals surface area contributed by atoms with Crippen LogP contribution in [0, 0.1) is 5.41 Å². The summed E-state index contributed by atoms with van der Waals surface area (Å²) in [5.41, 5.74) is 2.04. The number of piperidine rings is 1. The van der Waals surface area contributed by atoms with E-state index in [1.807, 2.05) is 6.07 Å². The number of nitrogens with zero attached hydrogens (tertiary/aromatic N) is 1. The lowest BCUT2D eigenvalue weighted by atomic mass is 9.61. The maximum absolute atomic E-state index is 12.8. The van der Waals surface area contributed by atoms with Gasteiger partial charge in [-0.25, -0.2) is 0 Å². The summed E-state index contributed by atoms with van der Waals surface area (Å²) < 4.78 is 0. The topological polar surface area (TPSA) is 40.5 Å². The van der Waals surface area contributed by atoms with Crippen LogP contribution >= 0.6 is 0 Å². The van der Waals surface area contributed by atoms with E-state index in [0.717, 1.165) is 56.2 Å². The van der Waals surface area contributed by atoms with Gasteiger partial charge in [0.05, 0.1) is 6.10 Å². The number of benzene rings is 1. The molecule has 156 valence electrons. The normalized spacial score (nSPS) is 22.8. The van der Waals surface area contributed by atoms with Crippen molar-refractivity contribution in [1.82, 2.24) is 0 Å². The molecular weight excluding hydrogens is 346 g/mol. The summed E-state index contributed by atoms with van der Waals surface area (Å²) in [5, 5.41) is 11.2. The van der Waals surface area contributed by atoms with Crippen molar-refractivity contribution >= 4 is 11.6 Å². The van der Waals surface area contributed by atoms with Crippen molar-refractivity contribution in [2.24, 2.45) is 5.41 Å². The van der Waals surface area contributed by atoms with Gasteiger partial charge >= 0.3 is 0 Å². The predicted octanol–water partition coefficient (Wildman–Crippen LogP) is 6.55. The Morgan fingerprint density at radius 1 is 1.14 bits per heavy atom. The molecule has 1 aliphatic carbocycles. The number of aliphatic hydroxyl groups is 1. The number of rotatable bonds is 10. The molecule has 3 nitrogen and oxygen atoms in total. The molecule has 2 aliphatic rings. The van der Waals surface area contributed by atoms with E-state index in [9.17, 15) is 9.90 Å². The molecule has 1 saturated heterocycles. The minimum absolute atomic E-state index is 0.0544. The van der Waals surface area contributed by atoms with E-state index >= 15 is 0 Å². The van der Waals surface area contributed by atoms with Crippen LogP contribution in [0.15, 0.2) is 24.3 Å². The minimum Gasteiger partial charge on any atom is -0.388 e. The van der Waals surface area contributed by atoms with Crippen LogP contribution in [0.3, 0.4) is 0 Å². The van der Waals surface area contributed by atoms with Crippen molar-refractivity contribution in [2.45, 2.75) is 109 Å². The highest BCUT2D eigenvalue weighted by atomic mass is 16.3. The molecule has 1 aromatic carbocycles. The molecule has 0 bridgehead atoms. The molecule has 0 aromatic heterocycles. The standard InChI is InChI=1S/C25H39NO2/c1-3-5-6-7-12-21-13-9-15-23(27)26(21)22-14-8-11-20(19-22)24(28)25(16-4-2)17-10-18-25/h8,11,14,19,21,24,28H,3-7,9-10,12-13,15-18H2,1-2H3. The van der Waals surface area contributed by atoms with Crippen molar-refractivity contribution in [3.05, 3.63) is 29.8 Å². The molecule has 2 fully saturated rings. The second kappa shape index (κ2) is 9.91. The molecule has 3 heteroatoms. The third-order valence-corrected chi connectivity index (χ3v) is 7.09. The lowest BCUT2D eigenvalue weighted by molar-refractivity contribution is -0.120.